The van der Waals surface area contributed by atoms with Crippen LogP contribution in [0.25, 0.3) is 10.9 Å². The SMILES string of the molecule is CC(=O)Nc1ccc2c(C3CCN(C(=O)c4ccc(OC(F)(F)F)cc4)CC3)ncnc2c1. The van der Waals surface area contributed by atoms with Crippen molar-refractivity contribution in [3.05, 3.63) is 60.0 Å². The molecule has 0 radical (unpaired) electrons. The molecule has 0 aliphatic carbocycles. The molecule has 0 bridgehead atoms. The lowest BCUT2D eigenvalue weighted by Gasteiger charge is -2.32. The highest BCUT2D eigenvalue weighted by atomic mass is 19.4. The molecule has 2 amide bonds. The van der Waals surface area contributed by atoms with Crippen LogP contribution in [0.5, 0.6) is 5.75 Å². The van der Waals surface area contributed by atoms with E-state index in [-0.39, 0.29) is 23.5 Å². The Morgan fingerprint density at radius 3 is 2.39 bits per heavy atom. The zero-order valence-corrected chi connectivity index (χ0v) is 17.7. The Balaban J connectivity index is 1.43. The quantitative estimate of drug-likeness (QED) is 0.622. The van der Waals surface area contributed by atoms with Gasteiger partial charge in [-0.1, -0.05) is 0 Å². The minimum atomic E-state index is -4.77. The third-order valence-corrected chi connectivity index (χ3v) is 5.49. The van der Waals surface area contributed by atoms with E-state index < -0.39 is 6.36 Å². The van der Waals surface area contributed by atoms with Crippen molar-refractivity contribution in [3.63, 3.8) is 0 Å². The number of carbonyl (C=O) groups is 2. The molecule has 172 valence electrons. The number of likely N-dealkylation sites (tertiary alicyclic amines) is 1. The summed E-state index contributed by atoms with van der Waals surface area (Å²) >= 11 is 0. The third kappa shape index (κ3) is 5.39. The number of nitrogens with one attached hydrogen (secondary N) is 1. The van der Waals surface area contributed by atoms with E-state index in [9.17, 15) is 22.8 Å². The molecule has 2 aromatic carbocycles. The number of benzene rings is 2. The van der Waals surface area contributed by atoms with E-state index in [0.717, 1.165) is 28.7 Å². The van der Waals surface area contributed by atoms with E-state index in [0.29, 0.717) is 37.2 Å². The number of hydrogen-bond donors (Lipinski definition) is 1. The molecule has 1 fully saturated rings. The van der Waals surface area contributed by atoms with Crippen LogP contribution in [-0.4, -0.2) is 46.1 Å². The molecule has 3 aromatic rings. The van der Waals surface area contributed by atoms with Crippen LogP contribution in [0.1, 0.15) is 41.7 Å². The fourth-order valence-corrected chi connectivity index (χ4v) is 4.02. The van der Waals surface area contributed by atoms with Gasteiger partial charge in [0.1, 0.15) is 12.1 Å². The molecule has 7 nitrogen and oxygen atoms in total. The number of alkyl halides is 3. The number of amides is 2. The zero-order valence-electron chi connectivity index (χ0n) is 17.7. The molecule has 10 heteroatoms. The van der Waals surface area contributed by atoms with Crippen LogP contribution in [0.15, 0.2) is 48.8 Å². The Kier molecular flexibility index (Phi) is 6.17. The summed E-state index contributed by atoms with van der Waals surface area (Å²) in [6.45, 7) is 2.44. The Morgan fingerprint density at radius 2 is 1.76 bits per heavy atom. The second kappa shape index (κ2) is 9.05. The van der Waals surface area contributed by atoms with E-state index in [1.807, 2.05) is 6.07 Å². The number of carbonyl (C=O) groups excluding carboxylic acids is 2. The summed E-state index contributed by atoms with van der Waals surface area (Å²) < 4.78 is 40.8. The third-order valence-electron chi connectivity index (χ3n) is 5.49. The maximum absolute atomic E-state index is 12.8. The van der Waals surface area contributed by atoms with Gasteiger partial charge in [0.15, 0.2) is 0 Å². The average molecular weight is 458 g/mol. The predicted molar refractivity (Wildman–Crippen MR) is 115 cm³/mol. The molecule has 1 aliphatic heterocycles. The maximum atomic E-state index is 12.8. The lowest BCUT2D eigenvalue weighted by molar-refractivity contribution is -0.274. The number of anilines is 1. The Bertz CT molecular complexity index is 1170. The van der Waals surface area contributed by atoms with E-state index in [2.05, 4.69) is 20.0 Å². The number of nitrogens with zero attached hydrogens (tertiary/aromatic N) is 3. The molecule has 2 heterocycles. The normalized spacial score (nSPS) is 14.8. The van der Waals surface area contributed by atoms with Gasteiger partial charge in [0.2, 0.25) is 5.91 Å². The molecule has 0 atom stereocenters. The summed E-state index contributed by atoms with van der Waals surface area (Å²) in [5.74, 6) is -0.633. The van der Waals surface area contributed by atoms with Gasteiger partial charge in [0.25, 0.3) is 5.91 Å². The van der Waals surface area contributed by atoms with Crippen LogP contribution in [0.2, 0.25) is 0 Å². The van der Waals surface area contributed by atoms with Crippen LogP contribution in [0, 0.1) is 0 Å². The van der Waals surface area contributed by atoms with Gasteiger partial charge in [-0.2, -0.15) is 0 Å². The van der Waals surface area contributed by atoms with Crippen molar-refractivity contribution in [1.29, 1.82) is 0 Å². The first-order chi connectivity index (χ1) is 15.7. The first kappa shape index (κ1) is 22.5. The molecule has 0 saturated carbocycles. The summed E-state index contributed by atoms with van der Waals surface area (Å²) in [6, 6.07) is 10.4. The van der Waals surface area contributed by atoms with Gasteiger partial charge in [-0.05, 0) is 55.3 Å². The van der Waals surface area contributed by atoms with Gasteiger partial charge in [-0.3, -0.25) is 9.59 Å². The number of hydrogen-bond acceptors (Lipinski definition) is 5. The number of rotatable bonds is 4. The summed E-state index contributed by atoms with van der Waals surface area (Å²) in [5.41, 5.74) is 2.59. The van der Waals surface area contributed by atoms with E-state index in [4.69, 9.17) is 0 Å². The second-order valence-electron chi connectivity index (χ2n) is 7.81. The lowest BCUT2D eigenvalue weighted by Crippen LogP contribution is -2.38. The van der Waals surface area contributed by atoms with Crippen molar-refractivity contribution in [2.24, 2.45) is 0 Å². The highest BCUT2D eigenvalue weighted by Gasteiger charge is 2.31. The highest BCUT2D eigenvalue weighted by molar-refractivity contribution is 5.94. The monoisotopic (exact) mass is 458 g/mol. The van der Waals surface area contributed by atoms with Gasteiger partial charge < -0.3 is 15.0 Å². The zero-order chi connectivity index (χ0) is 23.6. The minimum Gasteiger partial charge on any atom is -0.406 e. The molecule has 4 rings (SSSR count). The van der Waals surface area contributed by atoms with Gasteiger partial charge >= 0.3 is 6.36 Å². The molecule has 1 aromatic heterocycles. The van der Waals surface area contributed by atoms with Crippen LogP contribution in [0.3, 0.4) is 0 Å². The average Bonchev–Trinajstić information content (AvgIpc) is 2.77. The van der Waals surface area contributed by atoms with Crippen molar-refractivity contribution < 1.29 is 27.5 Å². The molecular weight excluding hydrogens is 437 g/mol. The maximum Gasteiger partial charge on any atom is 0.573 e. The number of piperidine rings is 1. The van der Waals surface area contributed by atoms with Gasteiger partial charge in [-0.15, -0.1) is 13.2 Å². The smallest absolute Gasteiger partial charge is 0.406 e. The molecule has 0 spiro atoms. The van der Waals surface area contributed by atoms with Crippen LogP contribution >= 0.6 is 0 Å². The molecular formula is C23H21F3N4O3. The minimum absolute atomic E-state index is 0.133. The molecule has 1 aliphatic rings. The van der Waals surface area contributed by atoms with E-state index >= 15 is 0 Å². The Hall–Kier alpha value is -3.69. The summed E-state index contributed by atoms with van der Waals surface area (Å²) in [6.07, 6.45) is -1.89. The summed E-state index contributed by atoms with van der Waals surface area (Å²) in [7, 11) is 0. The molecule has 0 unspecified atom stereocenters. The number of aromatic nitrogens is 2. The van der Waals surface area contributed by atoms with Crippen molar-refractivity contribution in [3.8, 4) is 5.75 Å². The van der Waals surface area contributed by atoms with Crippen molar-refractivity contribution in [2.45, 2.75) is 32.0 Å². The standard InChI is InChI=1S/C23H21F3N4O3/c1-14(31)29-17-4-7-19-20(12-17)27-13-28-21(19)15-8-10-30(11-9-15)22(32)16-2-5-18(6-3-16)33-23(24,25)26/h2-7,12-13,15H,8-11H2,1H3,(H,29,31). The topological polar surface area (TPSA) is 84.4 Å². The summed E-state index contributed by atoms with van der Waals surface area (Å²) in [5, 5.41) is 3.64. The fraction of sp³-hybridized carbons (Fsp3) is 0.304. The molecule has 1 N–H and O–H groups in total. The van der Waals surface area contributed by atoms with E-state index in [1.54, 1.807) is 17.0 Å². The Morgan fingerprint density at radius 1 is 1.06 bits per heavy atom. The van der Waals surface area contributed by atoms with Gasteiger partial charge in [-0.25, -0.2) is 9.97 Å². The highest BCUT2D eigenvalue weighted by Crippen LogP contribution is 2.32. The van der Waals surface area contributed by atoms with Gasteiger partial charge in [0.05, 0.1) is 11.2 Å². The van der Waals surface area contributed by atoms with Crippen molar-refractivity contribution >= 4 is 28.4 Å². The lowest BCUT2D eigenvalue weighted by atomic mass is 9.90. The number of fused-ring (bicyclic) bond motifs is 1. The van der Waals surface area contributed by atoms with Gasteiger partial charge in [0, 0.05) is 42.6 Å². The first-order valence-electron chi connectivity index (χ1n) is 10.4. The second-order valence-corrected chi connectivity index (χ2v) is 7.81. The predicted octanol–water partition coefficient (Wildman–Crippen LogP) is 4.51. The fourth-order valence-electron chi connectivity index (χ4n) is 4.02. The van der Waals surface area contributed by atoms with E-state index in [1.165, 1.54) is 25.4 Å². The van der Waals surface area contributed by atoms with Crippen LogP contribution in [-0.2, 0) is 4.79 Å². The van der Waals surface area contributed by atoms with Crippen molar-refractivity contribution in [1.82, 2.24) is 14.9 Å². The Labute approximate surface area is 187 Å². The number of ether oxygens (including phenoxy) is 1. The van der Waals surface area contributed by atoms with Crippen molar-refractivity contribution in [2.75, 3.05) is 18.4 Å². The van der Waals surface area contributed by atoms with Crippen LogP contribution < -0.4 is 10.1 Å². The number of halogens is 3. The largest absolute Gasteiger partial charge is 0.573 e. The summed E-state index contributed by atoms with van der Waals surface area (Å²) in [4.78, 5) is 34.6. The first-order valence-corrected chi connectivity index (χ1v) is 10.4. The van der Waals surface area contributed by atoms with Crippen LogP contribution in [0.4, 0.5) is 18.9 Å². The molecule has 1 saturated heterocycles. The molecule has 33 heavy (non-hydrogen) atoms.